The fourth-order valence-corrected chi connectivity index (χ4v) is 1.56. The van der Waals surface area contributed by atoms with Crippen LogP contribution in [-0.2, 0) is 5.33 Å². The van der Waals surface area contributed by atoms with Crippen molar-refractivity contribution in [1.82, 2.24) is 4.98 Å². The highest BCUT2D eigenvalue weighted by Crippen LogP contribution is 2.37. The monoisotopic (exact) mass is 314 g/mol. The van der Waals surface area contributed by atoms with Gasteiger partial charge < -0.3 is 4.74 Å². The summed E-state index contributed by atoms with van der Waals surface area (Å²) in [6.45, 7) is 1.20. The van der Waals surface area contributed by atoms with E-state index >= 15 is 0 Å². The van der Waals surface area contributed by atoms with Crippen molar-refractivity contribution in [2.45, 2.75) is 18.6 Å². The van der Waals surface area contributed by atoms with Gasteiger partial charge in [0.2, 0.25) is 5.75 Å². The molecule has 17 heavy (non-hydrogen) atoms. The van der Waals surface area contributed by atoms with Crippen molar-refractivity contribution in [2.75, 3.05) is 0 Å². The van der Waals surface area contributed by atoms with E-state index < -0.39 is 22.7 Å². The summed E-state index contributed by atoms with van der Waals surface area (Å²) < 4.78 is 40.0. The van der Waals surface area contributed by atoms with E-state index in [1.54, 1.807) is 0 Å². The zero-order chi connectivity index (χ0) is 13.2. The lowest BCUT2D eigenvalue weighted by Crippen LogP contribution is -2.19. The molecule has 9 heteroatoms. The normalized spacial score (nSPS) is 11.4. The zero-order valence-corrected chi connectivity index (χ0v) is 10.0. The van der Waals surface area contributed by atoms with Crippen molar-refractivity contribution in [3.05, 3.63) is 27.6 Å². The molecule has 0 aliphatic rings. The average Bonchev–Trinajstić information content (AvgIpc) is 2.18. The van der Waals surface area contributed by atoms with Gasteiger partial charge in [-0.25, -0.2) is 0 Å². The van der Waals surface area contributed by atoms with E-state index in [2.05, 4.69) is 25.7 Å². The van der Waals surface area contributed by atoms with Crippen LogP contribution in [0.3, 0.4) is 0 Å². The quantitative estimate of drug-likeness (QED) is 0.488. The maximum atomic E-state index is 12.1. The van der Waals surface area contributed by atoms with Crippen LogP contribution in [0.1, 0.15) is 11.3 Å². The number of aryl methyl sites for hydroxylation is 1. The summed E-state index contributed by atoms with van der Waals surface area (Å²) in [4.78, 5) is 13.4. The van der Waals surface area contributed by atoms with Gasteiger partial charge >= 0.3 is 12.0 Å². The molecular weight excluding hydrogens is 309 g/mol. The third-order valence-electron chi connectivity index (χ3n) is 1.81. The van der Waals surface area contributed by atoms with Gasteiger partial charge in [-0.2, -0.15) is 0 Å². The van der Waals surface area contributed by atoms with E-state index in [0.717, 1.165) is 6.20 Å². The number of rotatable bonds is 3. The predicted molar refractivity (Wildman–Crippen MR) is 54.9 cm³/mol. The molecule has 1 heterocycles. The molecule has 0 bridgehead atoms. The summed E-state index contributed by atoms with van der Waals surface area (Å²) >= 11 is 2.93. The van der Waals surface area contributed by atoms with E-state index in [4.69, 9.17) is 0 Å². The number of hydrogen-bond acceptors (Lipinski definition) is 4. The van der Waals surface area contributed by atoms with Gasteiger partial charge in [0.05, 0.1) is 16.2 Å². The van der Waals surface area contributed by atoms with Gasteiger partial charge in [0.15, 0.2) is 0 Å². The second-order valence-electron chi connectivity index (χ2n) is 2.99. The van der Waals surface area contributed by atoms with Gasteiger partial charge in [0.1, 0.15) is 0 Å². The van der Waals surface area contributed by atoms with Crippen molar-refractivity contribution in [3.63, 3.8) is 0 Å². The summed E-state index contributed by atoms with van der Waals surface area (Å²) in [7, 11) is 0. The fraction of sp³-hybridized carbons (Fsp3) is 0.375. The first kappa shape index (κ1) is 13.7. The van der Waals surface area contributed by atoms with Gasteiger partial charge in [-0.3, -0.25) is 15.1 Å². The Morgan fingerprint density at radius 1 is 1.59 bits per heavy atom. The molecule has 1 aromatic rings. The molecular formula is C8H6BrF3N2O3. The van der Waals surface area contributed by atoms with Crippen molar-refractivity contribution >= 4 is 21.6 Å². The third kappa shape index (κ3) is 3.29. The van der Waals surface area contributed by atoms with Crippen molar-refractivity contribution in [2.24, 2.45) is 0 Å². The predicted octanol–water partition coefficient (Wildman–Crippen LogP) is 3.09. The molecule has 0 aliphatic carbocycles. The summed E-state index contributed by atoms with van der Waals surface area (Å²) in [6, 6.07) is 0. The molecule has 1 aromatic heterocycles. The van der Waals surface area contributed by atoms with Gasteiger partial charge in [-0.15, -0.1) is 13.2 Å². The van der Waals surface area contributed by atoms with Crippen molar-refractivity contribution in [1.29, 1.82) is 0 Å². The fourth-order valence-electron chi connectivity index (χ4n) is 1.15. The van der Waals surface area contributed by atoms with Gasteiger partial charge in [0, 0.05) is 11.5 Å². The lowest BCUT2D eigenvalue weighted by atomic mass is 10.2. The first-order valence-electron chi connectivity index (χ1n) is 4.21. The molecule has 0 fully saturated rings. The zero-order valence-electron chi connectivity index (χ0n) is 8.42. The Morgan fingerprint density at radius 3 is 2.59 bits per heavy atom. The van der Waals surface area contributed by atoms with E-state index in [1.807, 2.05) is 0 Å². The molecule has 0 aromatic carbocycles. The second kappa shape index (κ2) is 4.86. The van der Waals surface area contributed by atoms with Crippen LogP contribution in [0.2, 0.25) is 0 Å². The maximum Gasteiger partial charge on any atom is 0.573 e. The highest BCUT2D eigenvalue weighted by molar-refractivity contribution is 9.08. The Kier molecular flexibility index (Phi) is 3.91. The summed E-state index contributed by atoms with van der Waals surface area (Å²) in [6.07, 6.45) is -3.87. The molecule has 5 nitrogen and oxygen atoms in total. The van der Waals surface area contributed by atoms with Crippen LogP contribution >= 0.6 is 15.9 Å². The number of aromatic nitrogens is 1. The Bertz CT molecular complexity index is 450. The van der Waals surface area contributed by atoms with Crippen molar-refractivity contribution < 1.29 is 22.8 Å². The van der Waals surface area contributed by atoms with Crippen LogP contribution in [0.5, 0.6) is 5.75 Å². The molecule has 0 saturated heterocycles. The first-order chi connectivity index (χ1) is 7.76. The Hall–Kier alpha value is -1.38. The summed E-state index contributed by atoms with van der Waals surface area (Å²) in [5, 5.41) is 10.8. The number of ether oxygens (including phenoxy) is 1. The van der Waals surface area contributed by atoms with Crippen LogP contribution < -0.4 is 4.74 Å². The first-order valence-corrected chi connectivity index (χ1v) is 5.33. The van der Waals surface area contributed by atoms with Crippen LogP contribution in [-0.4, -0.2) is 16.3 Å². The molecule has 94 valence electrons. The Labute approximate surface area is 102 Å². The summed E-state index contributed by atoms with van der Waals surface area (Å²) in [5.74, 6) is -0.876. The SMILES string of the molecule is Cc1ncc(CBr)c([N+](=O)[O-])c1OC(F)(F)F. The average molecular weight is 315 g/mol. The minimum Gasteiger partial charge on any atom is -0.396 e. The Morgan fingerprint density at radius 2 is 2.18 bits per heavy atom. The second-order valence-corrected chi connectivity index (χ2v) is 3.55. The number of pyridine rings is 1. The topological polar surface area (TPSA) is 65.3 Å². The van der Waals surface area contributed by atoms with Gasteiger partial charge in [0.25, 0.3) is 0 Å². The molecule has 0 N–H and O–H groups in total. The number of hydrogen-bond donors (Lipinski definition) is 0. The molecule has 1 rings (SSSR count). The van der Waals surface area contributed by atoms with Crippen LogP contribution in [0, 0.1) is 17.0 Å². The molecule has 0 unspecified atom stereocenters. The van der Waals surface area contributed by atoms with Gasteiger partial charge in [-0.05, 0) is 6.92 Å². The van der Waals surface area contributed by atoms with Gasteiger partial charge in [-0.1, -0.05) is 15.9 Å². The van der Waals surface area contributed by atoms with Crippen LogP contribution in [0.15, 0.2) is 6.20 Å². The lowest BCUT2D eigenvalue weighted by molar-refractivity contribution is -0.389. The summed E-state index contributed by atoms with van der Waals surface area (Å²) in [5.41, 5.74) is -0.912. The number of halogens is 4. The maximum absolute atomic E-state index is 12.1. The number of nitro groups is 1. The standard InChI is InChI=1S/C8H6BrF3N2O3/c1-4-7(17-8(10,11)12)6(14(15)16)5(2-9)3-13-4/h3H,2H2,1H3. The molecule has 0 saturated carbocycles. The molecule has 0 amide bonds. The van der Waals surface area contributed by atoms with Crippen LogP contribution in [0.4, 0.5) is 18.9 Å². The molecule has 0 aliphatic heterocycles. The number of nitrogens with zero attached hydrogens (tertiary/aromatic N) is 2. The van der Waals surface area contributed by atoms with E-state index in [0.29, 0.717) is 0 Å². The molecule has 0 radical (unpaired) electrons. The highest BCUT2D eigenvalue weighted by atomic mass is 79.9. The third-order valence-corrected chi connectivity index (χ3v) is 2.41. The minimum atomic E-state index is -5.00. The number of alkyl halides is 4. The van der Waals surface area contributed by atoms with E-state index in [-0.39, 0.29) is 16.6 Å². The lowest BCUT2D eigenvalue weighted by Gasteiger charge is -2.12. The molecule has 0 atom stereocenters. The van der Waals surface area contributed by atoms with E-state index in [9.17, 15) is 23.3 Å². The highest BCUT2D eigenvalue weighted by Gasteiger charge is 2.36. The van der Waals surface area contributed by atoms with Crippen LogP contribution in [0.25, 0.3) is 0 Å². The van der Waals surface area contributed by atoms with E-state index in [1.165, 1.54) is 6.92 Å². The molecule has 0 spiro atoms. The minimum absolute atomic E-state index is 0.00477. The largest absolute Gasteiger partial charge is 0.573 e. The Balaban J connectivity index is 3.39. The van der Waals surface area contributed by atoms with Crippen molar-refractivity contribution in [3.8, 4) is 5.75 Å². The smallest absolute Gasteiger partial charge is 0.396 e.